The third-order valence-electron chi connectivity index (χ3n) is 3.40. The van der Waals surface area contributed by atoms with Crippen molar-refractivity contribution in [3.05, 3.63) is 46.9 Å². The highest BCUT2D eigenvalue weighted by atomic mass is 32.1. The molecular weight excluding hydrogens is 328 g/mol. The Balaban J connectivity index is 1.57. The maximum absolute atomic E-state index is 12.3. The van der Waals surface area contributed by atoms with Gasteiger partial charge in [-0.05, 0) is 32.0 Å². The number of carbonyl (C=O) groups excluding carboxylic acids is 1. The number of nitrogens with one attached hydrogen (secondary N) is 1. The first-order valence-electron chi connectivity index (χ1n) is 7.18. The average Bonchev–Trinajstić information content (AvgIpc) is 3.25. The lowest BCUT2D eigenvalue weighted by atomic mass is 10.2. The van der Waals surface area contributed by atoms with E-state index in [4.69, 9.17) is 8.83 Å². The molecule has 0 spiro atoms. The molecule has 24 heavy (non-hydrogen) atoms. The van der Waals surface area contributed by atoms with Gasteiger partial charge in [-0.25, -0.2) is 4.98 Å². The molecule has 8 heteroatoms. The minimum Gasteiger partial charge on any atom is -0.466 e. The molecule has 7 nitrogen and oxygen atoms in total. The van der Waals surface area contributed by atoms with Gasteiger partial charge >= 0.3 is 6.01 Å². The number of rotatable bonds is 3. The van der Waals surface area contributed by atoms with Crippen LogP contribution in [0.25, 0.3) is 21.7 Å². The second kappa shape index (κ2) is 5.57. The summed E-state index contributed by atoms with van der Waals surface area (Å²) in [5.74, 6) is 1.34. The number of para-hydroxylation sites is 1. The maximum Gasteiger partial charge on any atom is 0.322 e. The predicted molar refractivity (Wildman–Crippen MR) is 89.0 cm³/mol. The van der Waals surface area contributed by atoms with Crippen molar-refractivity contribution in [1.82, 2.24) is 15.2 Å². The van der Waals surface area contributed by atoms with Crippen molar-refractivity contribution < 1.29 is 13.6 Å². The first kappa shape index (κ1) is 14.6. The zero-order valence-corrected chi connectivity index (χ0v) is 13.7. The van der Waals surface area contributed by atoms with E-state index in [0.29, 0.717) is 22.2 Å². The van der Waals surface area contributed by atoms with Crippen molar-refractivity contribution in [3.8, 4) is 11.5 Å². The van der Waals surface area contributed by atoms with Gasteiger partial charge in [-0.2, -0.15) is 0 Å². The Morgan fingerprint density at radius 2 is 2.00 bits per heavy atom. The maximum atomic E-state index is 12.3. The fourth-order valence-corrected chi connectivity index (χ4v) is 3.21. The molecule has 1 N–H and O–H groups in total. The van der Waals surface area contributed by atoms with Gasteiger partial charge in [0.1, 0.15) is 11.5 Å². The quantitative estimate of drug-likeness (QED) is 0.609. The van der Waals surface area contributed by atoms with Crippen LogP contribution in [0.4, 0.5) is 6.01 Å². The van der Waals surface area contributed by atoms with Gasteiger partial charge in [0.2, 0.25) is 0 Å². The van der Waals surface area contributed by atoms with Crippen LogP contribution in [-0.4, -0.2) is 21.1 Å². The molecule has 4 rings (SSSR count). The van der Waals surface area contributed by atoms with Gasteiger partial charge in [0.25, 0.3) is 11.8 Å². The molecule has 3 aromatic heterocycles. The standard InChI is InChI=1S/C16H12N4O3S/c1-8-7-10(9(2)22-8)14-19-20-16(23-14)18-13(21)15-17-11-5-3-4-6-12(11)24-15/h3-7H,1-2H3,(H,18,20,21). The highest BCUT2D eigenvalue weighted by Gasteiger charge is 2.18. The lowest BCUT2D eigenvalue weighted by Gasteiger charge is -1.95. The first-order chi connectivity index (χ1) is 11.6. The fourth-order valence-electron chi connectivity index (χ4n) is 2.35. The van der Waals surface area contributed by atoms with Crippen LogP contribution < -0.4 is 5.32 Å². The summed E-state index contributed by atoms with van der Waals surface area (Å²) in [4.78, 5) is 16.6. The number of anilines is 1. The van der Waals surface area contributed by atoms with E-state index in [1.165, 1.54) is 11.3 Å². The number of hydrogen-bond acceptors (Lipinski definition) is 7. The molecule has 3 heterocycles. The van der Waals surface area contributed by atoms with Crippen molar-refractivity contribution in [2.24, 2.45) is 0 Å². The normalized spacial score (nSPS) is 11.1. The summed E-state index contributed by atoms with van der Waals surface area (Å²) in [6.45, 7) is 3.65. The van der Waals surface area contributed by atoms with Crippen LogP contribution in [0.15, 0.2) is 39.2 Å². The number of hydrogen-bond donors (Lipinski definition) is 1. The van der Waals surface area contributed by atoms with Gasteiger partial charge in [0.05, 0.1) is 15.8 Å². The summed E-state index contributed by atoms with van der Waals surface area (Å²) in [5.41, 5.74) is 1.49. The van der Waals surface area contributed by atoms with E-state index in [2.05, 4.69) is 20.5 Å². The number of thiazole rings is 1. The zero-order chi connectivity index (χ0) is 16.7. The van der Waals surface area contributed by atoms with Crippen molar-refractivity contribution in [2.75, 3.05) is 5.32 Å². The Morgan fingerprint density at radius 1 is 1.17 bits per heavy atom. The Labute approximate surface area is 140 Å². The van der Waals surface area contributed by atoms with Crippen LogP contribution in [0, 0.1) is 13.8 Å². The second-order valence-electron chi connectivity index (χ2n) is 5.18. The third kappa shape index (κ3) is 2.56. The largest absolute Gasteiger partial charge is 0.466 e. The van der Waals surface area contributed by atoms with Crippen molar-refractivity contribution in [1.29, 1.82) is 0 Å². The van der Waals surface area contributed by atoms with Crippen molar-refractivity contribution in [3.63, 3.8) is 0 Å². The number of benzene rings is 1. The molecule has 0 bridgehead atoms. The summed E-state index contributed by atoms with van der Waals surface area (Å²) in [7, 11) is 0. The van der Waals surface area contributed by atoms with Gasteiger partial charge in [0.15, 0.2) is 5.01 Å². The van der Waals surface area contributed by atoms with Gasteiger partial charge in [-0.1, -0.05) is 17.2 Å². The third-order valence-corrected chi connectivity index (χ3v) is 4.44. The smallest absolute Gasteiger partial charge is 0.322 e. The van der Waals surface area contributed by atoms with Crippen LogP contribution in [-0.2, 0) is 0 Å². The zero-order valence-electron chi connectivity index (χ0n) is 12.9. The van der Waals surface area contributed by atoms with E-state index in [1.54, 1.807) is 0 Å². The van der Waals surface area contributed by atoms with E-state index >= 15 is 0 Å². The molecule has 0 aliphatic rings. The molecule has 0 atom stereocenters. The van der Waals surface area contributed by atoms with Crippen LogP contribution in [0.2, 0.25) is 0 Å². The number of aryl methyl sites for hydroxylation is 2. The minimum atomic E-state index is -0.383. The lowest BCUT2D eigenvalue weighted by molar-refractivity contribution is 0.102. The molecule has 0 aliphatic heterocycles. The van der Waals surface area contributed by atoms with Crippen molar-refractivity contribution in [2.45, 2.75) is 13.8 Å². The minimum absolute atomic E-state index is 0.0208. The predicted octanol–water partition coefficient (Wildman–Crippen LogP) is 3.81. The Kier molecular flexibility index (Phi) is 3.39. The molecule has 0 saturated carbocycles. The highest BCUT2D eigenvalue weighted by Crippen LogP contribution is 2.27. The summed E-state index contributed by atoms with van der Waals surface area (Å²) >= 11 is 1.31. The lowest BCUT2D eigenvalue weighted by Crippen LogP contribution is -2.11. The molecule has 0 unspecified atom stereocenters. The van der Waals surface area contributed by atoms with Crippen molar-refractivity contribution >= 4 is 33.5 Å². The fraction of sp³-hybridized carbons (Fsp3) is 0.125. The van der Waals surface area contributed by atoms with Gasteiger partial charge < -0.3 is 8.83 Å². The Hall–Kier alpha value is -3.00. The number of fused-ring (bicyclic) bond motifs is 1. The monoisotopic (exact) mass is 340 g/mol. The molecule has 0 fully saturated rings. The summed E-state index contributed by atoms with van der Waals surface area (Å²) in [6.07, 6.45) is 0. The highest BCUT2D eigenvalue weighted by molar-refractivity contribution is 7.20. The number of amides is 1. The topological polar surface area (TPSA) is 94.1 Å². The number of furan rings is 1. The average molecular weight is 340 g/mol. The van der Waals surface area contributed by atoms with Gasteiger partial charge in [-0.15, -0.1) is 16.4 Å². The molecular formula is C16H12N4O3S. The van der Waals surface area contributed by atoms with Crippen LogP contribution in [0.5, 0.6) is 0 Å². The SMILES string of the molecule is Cc1cc(-c2nnc(NC(=O)c3nc4ccccc4s3)o2)c(C)o1. The second-order valence-corrected chi connectivity index (χ2v) is 6.21. The molecule has 0 saturated heterocycles. The summed E-state index contributed by atoms with van der Waals surface area (Å²) in [5, 5.41) is 10.7. The van der Waals surface area contributed by atoms with Gasteiger partial charge in [0, 0.05) is 0 Å². The molecule has 0 radical (unpaired) electrons. The molecule has 120 valence electrons. The number of aromatic nitrogens is 3. The molecule has 4 aromatic rings. The van der Waals surface area contributed by atoms with E-state index < -0.39 is 0 Å². The van der Waals surface area contributed by atoms with Crippen LogP contribution in [0.3, 0.4) is 0 Å². The Morgan fingerprint density at radius 3 is 2.75 bits per heavy atom. The molecule has 1 aromatic carbocycles. The summed E-state index contributed by atoms with van der Waals surface area (Å²) < 4.78 is 11.9. The Bertz CT molecular complexity index is 1010. The molecule has 1 amide bonds. The number of carbonyl (C=O) groups is 1. The first-order valence-corrected chi connectivity index (χ1v) is 7.99. The number of nitrogens with zero attached hydrogens (tertiary/aromatic N) is 3. The van der Waals surface area contributed by atoms with E-state index in [-0.39, 0.29) is 11.9 Å². The molecule has 0 aliphatic carbocycles. The van der Waals surface area contributed by atoms with Crippen LogP contribution in [0.1, 0.15) is 21.3 Å². The van der Waals surface area contributed by atoms with E-state index in [9.17, 15) is 4.79 Å². The summed E-state index contributed by atoms with van der Waals surface area (Å²) in [6, 6.07) is 9.38. The van der Waals surface area contributed by atoms with E-state index in [0.717, 1.165) is 16.0 Å². The van der Waals surface area contributed by atoms with E-state index in [1.807, 2.05) is 44.2 Å². The van der Waals surface area contributed by atoms with Gasteiger partial charge in [-0.3, -0.25) is 10.1 Å². The van der Waals surface area contributed by atoms with Crippen LogP contribution >= 0.6 is 11.3 Å².